The molecule has 94 valence electrons. The second-order valence-corrected chi connectivity index (χ2v) is 4.01. The molecule has 5 nitrogen and oxygen atoms in total. The molecule has 0 aliphatic heterocycles. The highest BCUT2D eigenvalue weighted by Crippen LogP contribution is 2.10. The Hall–Kier alpha value is -1.88. The molecule has 0 aromatic carbocycles. The summed E-state index contributed by atoms with van der Waals surface area (Å²) in [6.45, 7) is 2.84. The summed E-state index contributed by atoms with van der Waals surface area (Å²) in [7, 11) is 0. The van der Waals surface area contributed by atoms with Gasteiger partial charge in [0.1, 0.15) is 16.6 Å². The average Bonchev–Trinajstić information content (AvgIpc) is 2.88. The Kier molecular flexibility index (Phi) is 3.94. The molecule has 0 saturated carbocycles. The molecule has 0 bridgehead atoms. The van der Waals surface area contributed by atoms with Gasteiger partial charge in [-0.05, 0) is 19.1 Å². The van der Waals surface area contributed by atoms with Crippen molar-refractivity contribution in [3.05, 3.63) is 47.4 Å². The van der Waals surface area contributed by atoms with E-state index in [-0.39, 0.29) is 16.8 Å². The molecule has 6 heteroatoms. The summed E-state index contributed by atoms with van der Waals surface area (Å²) in [6.07, 6.45) is 4.37. The maximum atomic E-state index is 12.2. The van der Waals surface area contributed by atoms with Crippen LogP contribution in [0.5, 0.6) is 0 Å². The van der Waals surface area contributed by atoms with Crippen LogP contribution in [0.2, 0.25) is 5.15 Å². The summed E-state index contributed by atoms with van der Waals surface area (Å²) < 4.78 is 5.22. The standard InChI is InChI=1S/C12H12ClN3O2/c1-2-16(8-9-4-3-5-18-9)12(17)10-6-14-7-11(13)15-10/h3-7H,2,8H2,1H3. The van der Waals surface area contributed by atoms with Crippen LogP contribution in [0, 0.1) is 0 Å². The lowest BCUT2D eigenvalue weighted by Gasteiger charge is -2.18. The van der Waals surface area contributed by atoms with Crippen LogP contribution < -0.4 is 0 Å². The fourth-order valence-electron chi connectivity index (χ4n) is 1.53. The van der Waals surface area contributed by atoms with Crippen LogP contribution in [0.15, 0.2) is 35.2 Å². The molecule has 0 atom stereocenters. The zero-order chi connectivity index (χ0) is 13.0. The Morgan fingerprint density at radius 2 is 2.33 bits per heavy atom. The highest BCUT2D eigenvalue weighted by atomic mass is 35.5. The lowest BCUT2D eigenvalue weighted by molar-refractivity contribution is 0.0735. The Morgan fingerprint density at radius 1 is 1.50 bits per heavy atom. The molecule has 0 unspecified atom stereocenters. The minimum Gasteiger partial charge on any atom is -0.467 e. The van der Waals surface area contributed by atoms with Crippen LogP contribution in [0.4, 0.5) is 0 Å². The molecule has 0 radical (unpaired) electrons. The van der Waals surface area contributed by atoms with Crippen molar-refractivity contribution in [2.24, 2.45) is 0 Å². The minimum absolute atomic E-state index is 0.204. The quantitative estimate of drug-likeness (QED) is 0.852. The van der Waals surface area contributed by atoms with Crippen molar-refractivity contribution < 1.29 is 9.21 Å². The van der Waals surface area contributed by atoms with Gasteiger partial charge in [0, 0.05) is 6.54 Å². The molecule has 2 heterocycles. The Morgan fingerprint density at radius 3 is 2.94 bits per heavy atom. The summed E-state index contributed by atoms with van der Waals surface area (Å²) in [5.41, 5.74) is 0.232. The van der Waals surface area contributed by atoms with Crippen molar-refractivity contribution in [2.45, 2.75) is 13.5 Å². The highest BCUT2D eigenvalue weighted by Gasteiger charge is 2.17. The molecule has 0 saturated heterocycles. The maximum Gasteiger partial charge on any atom is 0.274 e. The largest absolute Gasteiger partial charge is 0.467 e. The van der Waals surface area contributed by atoms with Crippen LogP contribution in [-0.2, 0) is 6.54 Å². The van der Waals surface area contributed by atoms with Gasteiger partial charge < -0.3 is 9.32 Å². The summed E-state index contributed by atoms with van der Waals surface area (Å²) >= 11 is 5.72. The molecule has 0 spiro atoms. The van der Waals surface area contributed by atoms with Gasteiger partial charge in [-0.15, -0.1) is 0 Å². The smallest absolute Gasteiger partial charge is 0.274 e. The molecular weight excluding hydrogens is 254 g/mol. The van der Waals surface area contributed by atoms with Crippen LogP contribution in [0.25, 0.3) is 0 Å². The third-order valence-electron chi connectivity index (χ3n) is 2.42. The predicted molar refractivity (Wildman–Crippen MR) is 66.2 cm³/mol. The number of amides is 1. The van der Waals surface area contributed by atoms with E-state index in [2.05, 4.69) is 9.97 Å². The van der Waals surface area contributed by atoms with E-state index in [4.69, 9.17) is 16.0 Å². The number of carbonyl (C=O) groups excluding carboxylic acids is 1. The average molecular weight is 266 g/mol. The fraction of sp³-hybridized carbons (Fsp3) is 0.250. The van der Waals surface area contributed by atoms with E-state index in [1.807, 2.05) is 13.0 Å². The summed E-state index contributed by atoms with van der Waals surface area (Å²) in [4.78, 5) is 21.6. The molecule has 0 aliphatic rings. The van der Waals surface area contributed by atoms with Crippen molar-refractivity contribution in [3.63, 3.8) is 0 Å². The minimum atomic E-state index is -0.219. The summed E-state index contributed by atoms with van der Waals surface area (Å²) in [5.74, 6) is 0.504. The number of rotatable bonds is 4. The zero-order valence-corrected chi connectivity index (χ0v) is 10.6. The number of aromatic nitrogens is 2. The maximum absolute atomic E-state index is 12.2. The number of furan rings is 1. The molecule has 0 fully saturated rings. The summed E-state index contributed by atoms with van der Waals surface area (Å²) in [6, 6.07) is 3.60. The summed E-state index contributed by atoms with van der Waals surface area (Å²) in [5, 5.41) is 0.204. The normalized spacial score (nSPS) is 10.3. The van der Waals surface area contributed by atoms with Gasteiger partial charge in [-0.25, -0.2) is 4.98 Å². The molecule has 2 aromatic heterocycles. The van der Waals surface area contributed by atoms with E-state index in [0.29, 0.717) is 13.1 Å². The first-order valence-electron chi connectivity index (χ1n) is 5.50. The third-order valence-corrected chi connectivity index (χ3v) is 2.60. The second kappa shape index (κ2) is 5.64. The van der Waals surface area contributed by atoms with Gasteiger partial charge in [0.15, 0.2) is 0 Å². The zero-order valence-electron chi connectivity index (χ0n) is 9.84. The van der Waals surface area contributed by atoms with E-state index in [0.717, 1.165) is 5.76 Å². The van der Waals surface area contributed by atoms with E-state index in [9.17, 15) is 4.79 Å². The van der Waals surface area contributed by atoms with Gasteiger partial charge in [0.25, 0.3) is 5.91 Å². The lowest BCUT2D eigenvalue weighted by Crippen LogP contribution is -2.30. The second-order valence-electron chi connectivity index (χ2n) is 3.63. The van der Waals surface area contributed by atoms with Crippen molar-refractivity contribution in [2.75, 3.05) is 6.54 Å². The van der Waals surface area contributed by atoms with Crippen LogP contribution in [0.1, 0.15) is 23.2 Å². The molecule has 0 N–H and O–H groups in total. The first-order chi connectivity index (χ1) is 8.70. The van der Waals surface area contributed by atoms with E-state index in [1.54, 1.807) is 17.2 Å². The molecular formula is C12H12ClN3O2. The van der Waals surface area contributed by atoms with E-state index in [1.165, 1.54) is 12.4 Å². The molecule has 2 rings (SSSR count). The Bertz CT molecular complexity index is 528. The number of carbonyl (C=O) groups is 1. The van der Waals surface area contributed by atoms with Crippen LogP contribution >= 0.6 is 11.6 Å². The Balaban J connectivity index is 2.15. The topological polar surface area (TPSA) is 59.2 Å². The number of hydrogen-bond donors (Lipinski definition) is 0. The first kappa shape index (κ1) is 12.6. The monoisotopic (exact) mass is 265 g/mol. The number of halogens is 1. The Labute approximate surface area is 109 Å². The van der Waals surface area contributed by atoms with Crippen molar-refractivity contribution in [1.29, 1.82) is 0 Å². The van der Waals surface area contributed by atoms with Crippen molar-refractivity contribution >= 4 is 17.5 Å². The van der Waals surface area contributed by atoms with Gasteiger partial charge in [0.05, 0.1) is 25.2 Å². The van der Waals surface area contributed by atoms with Gasteiger partial charge in [-0.1, -0.05) is 11.6 Å². The highest BCUT2D eigenvalue weighted by molar-refractivity contribution is 6.29. The first-order valence-corrected chi connectivity index (χ1v) is 5.87. The van der Waals surface area contributed by atoms with Gasteiger partial charge in [-0.2, -0.15) is 0 Å². The van der Waals surface area contributed by atoms with Crippen LogP contribution in [0.3, 0.4) is 0 Å². The molecule has 2 aromatic rings. The molecule has 18 heavy (non-hydrogen) atoms. The number of nitrogens with zero attached hydrogens (tertiary/aromatic N) is 3. The van der Waals surface area contributed by atoms with Gasteiger partial charge in [0.2, 0.25) is 0 Å². The SMILES string of the molecule is CCN(Cc1ccco1)C(=O)c1cncc(Cl)n1. The van der Waals surface area contributed by atoms with Gasteiger partial charge >= 0.3 is 0 Å². The number of hydrogen-bond acceptors (Lipinski definition) is 4. The van der Waals surface area contributed by atoms with E-state index < -0.39 is 0 Å². The van der Waals surface area contributed by atoms with Gasteiger partial charge in [-0.3, -0.25) is 9.78 Å². The molecule has 0 aliphatic carbocycles. The third kappa shape index (κ3) is 2.87. The fourth-order valence-corrected chi connectivity index (χ4v) is 1.67. The van der Waals surface area contributed by atoms with Crippen molar-refractivity contribution in [1.82, 2.24) is 14.9 Å². The van der Waals surface area contributed by atoms with E-state index >= 15 is 0 Å². The predicted octanol–water partition coefficient (Wildman–Crippen LogP) is 2.39. The lowest BCUT2D eigenvalue weighted by atomic mass is 10.3. The molecule has 1 amide bonds. The van der Waals surface area contributed by atoms with Crippen molar-refractivity contribution in [3.8, 4) is 0 Å². The van der Waals surface area contributed by atoms with Crippen LogP contribution in [-0.4, -0.2) is 27.3 Å².